The third-order valence-corrected chi connectivity index (χ3v) is 9.76. The molecular formula is C35H40ClN5S. The number of hydrogen-bond acceptors (Lipinski definition) is 3. The van der Waals surface area contributed by atoms with E-state index in [9.17, 15) is 0 Å². The second-order valence-electron chi connectivity index (χ2n) is 11.9. The van der Waals surface area contributed by atoms with Crippen molar-refractivity contribution in [2.45, 2.75) is 66.0 Å². The zero-order valence-electron chi connectivity index (χ0n) is 25.2. The lowest BCUT2D eigenvalue weighted by atomic mass is 9.96. The van der Waals surface area contributed by atoms with Crippen LogP contribution in [0, 0.1) is 26.7 Å². The maximum atomic E-state index is 7.02. The summed E-state index contributed by atoms with van der Waals surface area (Å²) in [4.78, 5) is 9.43. The van der Waals surface area contributed by atoms with Crippen LogP contribution < -0.4 is 15.1 Å². The maximum Gasteiger partial charge on any atom is 0.174 e. The van der Waals surface area contributed by atoms with Crippen LogP contribution in [0.15, 0.2) is 66.9 Å². The monoisotopic (exact) mass is 597 g/mol. The number of aromatic nitrogens is 2. The van der Waals surface area contributed by atoms with E-state index < -0.39 is 0 Å². The molecule has 7 heteroatoms. The predicted octanol–water partition coefficient (Wildman–Crippen LogP) is 8.43. The van der Waals surface area contributed by atoms with E-state index in [-0.39, 0.29) is 12.1 Å². The molecule has 2 fully saturated rings. The van der Waals surface area contributed by atoms with Gasteiger partial charge in [0.1, 0.15) is 0 Å². The Hall–Kier alpha value is -3.35. The van der Waals surface area contributed by atoms with E-state index in [4.69, 9.17) is 28.8 Å². The Morgan fingerprint density at radius 1 is 1.00 bits per heavy atom. The summed E-state index contributed by atoms with van der Waals surface area (Å²) in [5, 5.41) is 5.08. The number of halogens is 1. The van der Waals surface area contributed by atoms with Gasteiger partial charge in [0.25, 0.3) is 0 Å². The number of anilines is 2. The van der Waals surface area contributed by atoms with Gasteiger partial charge in [-0.3, -0.25) is 4.98 Å². The molecule has 2 aliphatic heterocycles. The lowest BCUT2D eigenvalue weighted by Gasteiger charge is -2.33. The smallest absolute Gasteiger partial charge is 0.174 e. The average molecular weight is 598 g/mol. The van der Waals surface area contributed by atoms with Gasteiger partial charge in [-0.05, 0) is 111 Å². The molecule has 0 unspecified atom stereocenters. The van der Waals surface area contributed by atoms with Crippen molar-refractivity contribution in [3.8, 4) is 5.69 Å². The maximum absolute atomic E-state index is 7.02. The topological polar surface area (TPSA) is 36.3 Å². The van der Waals surface area contributed by atoms with E-state index in [0.29, 0.717) is 5.11 Å². The number of para-hydroxylation sites is 1. The number of rotatable bonds is 6. The molecule has 2 aromatic heterocycles. The zero-order valence-corrected chi connectivity index (χ0v) is 26.8. The van der Waals surface area contributed by atoms with Crippen molar-refractivity contribution in [3.63, 3.8) is 0 Å². The average Bonchev–Trinajstić information content (AvgIpc) is 3.48. The van der Waals surface area contributed by atoms with Gasteiger partial charge in [-0.25, -0.2) is 0 Å². The highest BCUT2D eigenvalue weighted by Gasteiger charge is 2.42. The fourth-order valence-corrected chi connectivity index (χ4v) is 7.50. The largest absolute Gasteiger partial charge is 0.370 e. The van der Waals surface area contributed by atoms with Crippen LogP contribution in [-0.2, 0) is 6.42 Å². The summed E-state index contributed by atoms with van der Waals surface area (Å²) in [5.74, 6) is 0.767. The number of aryl methyl sites for hydroxylation is 3. The third-order valence-electron chi connectivity index (χ3n) is 9.15. The minimum atomic E-state index is -0.114. The molecule has 0 spiro atoms. The number of piperidine rings is 1. The second-order valence-corrected chi connectivity index (χ2v) is 12.7. The van der Waals surface area contributed by atoms with Crippen molar-refractivity contribution >= 4 is 40.3 Å². The molecule has 1 N–H and O–H groups in total. The Balaban J connectivity index is 1.46. The van der Waals surface area contributed by atoms with Crippen molar-refractivity contribution in [2.75, 3.05) is 22.9 Å². The van der Waals surface area contributed by atoms with E-state index in [1.807, 2.05) is 18.3 Å². The first-order valence-electron chi connectivity index (χ1n) is 15.1. The minimum Gasteiger partial charge on any atom is -0.370 e. The predicted molar refractivity (Wildman–Crippen MR) is 179 cm³/mol. The van der Waals surface area contributed by atoms with Crippen LogP contribution in [0.5, 0.6) is 0 Å². The van der Waals surface area contributed by atoms with Gasteiger partial charge < -0.3 is 19.7 Å². The van der Waals surface area contributed by atoms with Crippen molar-refractivity contribution in [1.29, 1.82) is 0 Å². The van der Waals surface area contributed by atoms with Crippen LogP contribution in [0.25, 0.3) is 5.69 Å². The van der Waals surface area contributed by atoms with Gasteiger partial charge in [0.05, 0.1) is 34.2 Å². The number of hydrogen-bond donors (Lipinski definition) is 1. The number of thiocarbonyl (C=S) groups is 1. The summed E-state index contributed by atoms with van der Waals surface area (Å²) in [5.41, 5.74) is 10.6. The van der Waals surface area contributed by atoms with Gasteiger partial charge in [0, 0.05) is 36.4 Å². The van der Waals surface area contributed by atoms with Gasteiger partial charge in [-0.15, -0.1) is 0 Å². The van der Waals surface area contributed by atoms with Gasteiger partial charge in [0.2, 0.25) is 0 Å². The van der Waals surface area contributed by atoms with E-state index >= 15 is 0 Å². The highest BCUT2D eigenvalue weighted by atomic mass is 35.5. The van der Waals surface area contributed by atoms with Gasteiger partial charge in [-0.1, -0.05) is 49.7 Å². The van der Waals surface area contributed by atoms with Crippen molar-refractivity contribution < 1.29 is 0 Å². The Bertz CT molecular complexity index is 1610. The first-order valence-corrected chi connectivity index (χ1v) is 15.9. The molecule has 2 atom stereocenters. The first-order chi connectivity index (χ1) is 20.3. The molecule has 0 radical (unpaired) electrons. The Labute approximate surface area is 260 Å². The highest BCUT2D eigenvalue weighted by Crippen LogP contribution is 2.45. The number of benzene rings is 2. The molecule has 6 rings (SSSR count). The van der Waals surface area contributed by atoms with Crippen LogP contribution in [-0.4, -0.2) is 27.8 Å². The van der Waals surface area contributed by atoms with E-state index in [0.717, 1.165) is 47.5 Å². The minimum absolute atomic E-state index is 0.0980. The van der Waals surface area contributed by atoms with Crippen molar-refractivity contribution in [2.24, 2.45) is 5.92 Å². The summed E-state index contributed by atoms with van der Waals surface area (Å²) in [6.45, 7) is 13.3. The molecule has 5 nitrogen and oxygen atoms in total. The molecule has 2 saturated heterocycles. The third kappa shape index (κ3) is 5.09. The van der Waals surface area contributed by atoms with Crippen LogP contribution >= 0.6 is 23.8 Å². The molecule has 2 aromatic carbocycles. The molecule has 4 aromatic rings. The summed E-state index contributed by atoms with van der Waals surface area (Å²) < 4.78 is 2.42. The molecule has 0 amide bonds. The summed E-state index contributed by atoms with van der Waals surface area (Å²) in [6, 6.07) is 21.2. The van der Waals surface area contributed by atoms with Gasteiger partial charge in [-0.2, -0.15) is 0 Å². The molecule has 0 bridgehead atoms. The molecule has 0 aliphatic carbocycles. The Morgan fingerprint density at radius 3 is 2.48 bits per heavy atom. The van der Waals surface area contributed by atoms with E-state index in [2.05, 4.69) is 103 Å². The molecule has 0 saturated carbocycles. The molecule has 42 heavy (non-hydrogen) atoms. The molecular weight excluding hydrogens is 558 g/mol. The highest BCUT2D eigenvalue weighted by molar-refractivity contribution is 7.80. The van der Waals surface area contributed by atoms with E-state index in [1.54, 1.807) is 0 Å². The Kier molecular flexibility index (Phi) is 8.03. The van der Waals surface area contributed by atoms with E-state index in [1.165, 1.54) is 46.6 Å². The first kappa shape index (κ1) is 28.8. The summed E-state index contributed by atoms with van der Waals surface area (Å²) in [7, 11) is 0. The zero-order chi connectivity index (χ0) is 29.5. The SMILES string of the molecule is CCc1cccc(C)c1-n1c(C)cc([C@H]2[C@@H](c3ccccn3)NC(=S)N2c2ccc(N3CCC(C)CC3)c(Cl)c2)c1C. The molecule has 218 valence electrons. The number of nitrogens with one attached hydrogen (secondary N) is 1. The van der Waals surface area contributed by atoms with Crippen LogP contribution in [0.2, 0.25) is 5.02 Å². The Morgan fingerprint density at radius 2 is 1.79 bits per heavy atom. The van der Waals surface area contributed by atoms with Crippen LogP contribution in [0.3, 0.4) is 0 Å². The number of pyridine rings is 1. The second kappa shape index (κ2) is 11.7. The number of nitrogens with zero attached hydrogens (tertiary/aromatic N) is 4. The summed E-state index contributed by atoms with van der Waals surface area (Å²) >= 11 is 13.1. The normalized spacial score (nSPS) is 19.4. The lowest BCUT2D eigenvalue weighted by Crippen LogP contribution is -2.33. The summed E-state index contributed by atoms with van der Waals surface area (Å²) in [6.07, 6.45) is 5.22. The molecule has 2 aliphatic rings. The quantitative estimate of drug-likeness (QED) is 0.226. The van der Waals surface area contributed by atoms with Gasteiger partial charge >= 0.3 is 0 Å². The van der Waals surface area contributed by atoms with Crippen LogP contribution in [0.4, 0.5) is 11.4 Å². The molecule has 4 heterocycles. The lowest BCUT2D eigenvalue weighted by molar-refractivity contribution is 0.438. The van der Waals surface area contributed by atoms with Crippen molar-refractivity contribution in [3.05, 3.63) is 106 Å². The van der Waals surface area contributed by atoms with Crippen molar-refractivity contribution in [1.82, 2.24) is 14.9 Å². The standard InChI is InChI=1S/C35H40ClN5S/c1-6-26-11-9-10-23(3)33(26)40-24(4)20-28(25(40)5)34-32(30-12-7-8-17-37-30)38-35(42)41(34)27-13-14-31(29(36)21-27)39-18-15-22(2)16-19-39/h7-14,17,20-22,32,34H,6,15-16,18-19H2,1-5H3,(H,38,42)/t32-,34+/m1/s1. The fourth-order valence-electron chi connectivity index (χ4n) is 6.86. The fraction of sp³-hybridized carbons (Fsp3) is 0.371. The van der Waals surface area contributed by atoms with Gasteiger partial charge in [0.15, 0.2) is 5.11 Å². The van der Waals surface area contributed by atoms with Crippen LogP contribution in [0.1, 0.15) is 72.5 Å².